The Morgan fingerprint density at radius 1 is 0.391 bits per heavy atom. The smallest absolute Gasteiger partial charge is 0.0786 e. The van der Waals surface area contributed by atoms with Gasteiger partial charge in [0.05, 0.1) is 26.2 Å². The predicted octanol–water partition coefficient (Wildman–Crippen LogP) is 3.96. The predicted molar refractivity (Wildman–Crippen MR) is 102 cm³/mol. The van der Waals surface area contributed by atoms with Gasteiger partial charge in [-0.1, -0.05) is 59.8 Å². The maximum absolute atomic E-state index is 2.34. The largest absolute Gasteiger partial charge is 1.00 e. The summed E-state index contributed by atoms with van der Waals surface area (Å²) in [6.45, 7) is 15.1. The van der Waals surface area contributed by atoms with Gasteiger partial charge in [0.25, 0.3) is 0 Å². The third kappa shape index (κ3) is 14.7. The van der Waals surface area contributed by atoms with Gasteiger partial charge >= 0.3 is 0 Å². The van der Waals surface area contributed by atoms with Gasteiger partial charge in [0.1, 0.15) is 0 Å². The molecule has 0 aliphatic heterocycles. The van der Waals surface area contributed by atoms with Crippen molar-refractivity contribution in [3.05, 3.63) is 0 Å². The first kappa shape index (κ1) is 25.9. The van der Waals surface area contributed by atoms with E-state index in [1.807, 2.05) is 0 Å². The molecule has 0 aromatic rings. The van der Waals surface area contributed by atoms with Crippen molar-refractivity contribution in [3.8, 4) is 0 Å². The summed E-state index contributed by atoms with van der Waals surface area (Å²) in [4.78, 5) is 0. The van der Waals surface area contributed by atoms with Crippen LogP contribution in [0.15, 0.2) is 0 Å². The Morgan fingerprint density at radius 3 is 0.957 bits per heavy atom. The Morgan fingerprint density at radius 2 is 0.652 bits per heavy atom. The number of nitrogens with zero attached hydrogens (tertiary/aromatic N) is 1. The van der Waals surface area contributed by atoms with Crippen molar-refractivity contribution in [3.63, 3.8) is 0 Å². The highest BCUT2D eigenvalue weighted by Gasteiger charge is 2.25. The fraction of sp³-hybridized carbons (Fsp3) is 1.00. The third-order valence-electron chi connectivity index (χ3n) is 5.19. The lowest BCUT2D eigenvalue weighted by Gasteiger charge is -2.39. The third-order valence-corrected chi connectivity index (χ3v) is 5.19. The molecule has 0 radical (unpaired) electrons. The van der Waals surface area contributed by atoms with Crippen molar-refractivity contribution >= 4 is 0 Å². The van der Waals surface area contributed by atoms with Crippen LogP contribution in [0.1, 0.15) is 111 Å². The van der Waals surface area contributed by atoms with Crippen molar-refractivity contribution in [2.75, 3.05) is 26.2 Å². The Balaban J connectivity index is 0. The molecule has 0 amide bonds. The summed E-state index contributed by atoms with van der Waals surface area (Å²) in [5.74, 6) is 0. The SMILES string of the molecule is CCCCCC[N+](CCCCC)(CCCCC)CCCCC.[I-]. The molecule has 0 atom stereocenters. The Hall–Kier alpha value is 0.690. The first-order valence-corrected chi connectivity index (χ1v) is 10.6. The number of hydrogen-bond donors (Lipinski definition) is 0. The van der Waals surface area contributed by atoms with Gasteiger partial charge in [-0.2, -0.15) is 0 Å². The molecule has 0 unspecified atom stereocenters. The average molecular weight is 440 g/mol. The highest BCUT2D eigenvalue weighted by atomic mass is 127. The van der Waals surface area contributed by atoms with E-state index in [9.17, 15) is 0 Å². The molecule has 0 saturated heterocycles. The molecule has 0 fully saturated rings. The second-order valence-electron chi connectivity index (χ2n) is 7.42. The van der Waals surface area contributed by atoms with Crippen molar-refractivity contribution in [1.82, 2.24) is 0 Å². The number of hydrogen-bond acceptors (Lipinski definition) is 0. The minimum absolute atomic E-state index is 0. The first-order chi connectivity index (χ1) is 10.7. The highest BCUT2D eigenvalue weighted by Crippen LogP contribution is 2.18. The van der Waals surface area contributed by atoms with Crippen LogP contribution in [-0.4, -0.2) is 30.7 Å². The molecule has 1 nitrogen and oxygen atoms in total. The molecule has 142 valence electrons. The monoisotopic (exact) mass is 439 g/mol. The molecule has 0 aromatic heterocycles. The van der Waals surface area contributed by atoms with Gasteiger partial charge in [0.15, 0.2) is 0 Å². The lowest BCUT2D eigenvalue weighted by atomic mass is 10.1. The van der Waals surface area contributed by atoms with Crippen molar-refractivity contribution in [2.24, 2.45) is 0 Å². The summed E-state index contributed by atoms with van der Waals surface area (Å²) in [5, 5.41) is 0. The molecule has 0 aliphatic carbocycles. The van der Waals surface area contributed by atoms with E-state index in [0.717, 1.165) is 0 Å². The maximum Gasteiger partial charge on any atom is 0.0786 e. The van der Waals surface area contributed by atoms with Crippen molar-refractivity contribution < 1.29 is 28.5 Å². The summed E-state index contributed by atoms with van der Waals surface area (Å²) in [6.07, 6.45) is 18.4. The zero-order valence-electron chi connectivity index (χ0n) is 16.8. The summed E-state index contributed by atoms with van der Waals surface area (Å²) in [5.41, 5.74) is 0. The van der Waals surface area contributed by atoms with Gasteiger partial charge in [-0.15, -0.1) is 0 Å². The molecule has 0 N–H and O–H groups in total. The summed E-state index contributed by atoms with van der Waals surface area (Å²) >= 11 is 0. The summed E-state index contributed by atoms with van der Waals surface area (Å²) < 4.78 is 1.45. The van der Waals surface area contributed by atoms with E-state index in [2.05, 4.69) is 27.7 Å². The molecule has 0 heterocycles. The number of quaternary nitrogens is 1. The molecule has 23 heavy (non-hydrogen) atoms. The molecule has 0 rings (SSSR count). The number of rotatable bonds is 17. The number of halogens is 1. The molecule has 0 bridgehead atoms. The normalized spacial score (nSPS) is 11.5. The van der Waals surface area contributed by atoms with E-state index < -0.39 is 0 Å². The standard InChI is InChI=1S/C21H46N.HI/c1-5-9-13-17-21-22(18-14-10-6-2,19-15-11-7-3)20-16-12-8-4;/h5-21H2,1-4H3;1H/q+1;/p-1. The van der Waals surface area contributed by atoms with Gasteiger partial charge < -0.3 is 28.5 Å². The van der Waals surface area contributed by atoms with Crippen LogP contribution in [-0.2, 0) is 0 Å². The highest BCUT2D eigenvalue weighted by molar-refractivity contribution is 4.52. The van der Waals surface area contributed by atoms with E-state index in [4.69, 9.17) is 0 Å². The van der Waals surface area contributed by atoms with Crippen LogP contribution < -0.4 is 24.0 Å². The minimum atomic E-state index is 0. The van der Waals surface area contributed by atoms with Gasteiger partial charge in [-0.3, -0.25) is 0 Å². The Labute approximate surface area is 165 Å². The van der Waals surface area contributed by atoms with Crippen molar-refractivity contribution in [1.29, 1.82) is 0 Å². The first-order valence-electron chi connectivity index (χ1n) is 10.6. The maximum atomic E-state index is 2.34. The molecule has 2 heteroatoms. The summed E-state index contributed by atoms with van der Waals surface area (Å²) in [6, 6.07) is 0. The fourth-order valence-corrected chi connectivity index (χ4v) is 3.64. The van der Waals surface area contributed by atoms with Crippen LogP contribution in [0, 0.1) is 0 Å². The topological polar surface area (TPSA) is 0 Å². The average Bonchev–Trinajstić information content (AvgIpc) is 2.52. The molecule has 0 saturated carbocycles. The molecule has 0 spiro atoms. The van der Waals surface area contributed by atoms with Gasteiger partial charge in [0.2, 0.25) is 0 Å². The van der Waals surface area contributed by atoms with E-state index in [0.29, 0.717) is 0 Å². The fourth-order valence-electron chi connectivity index (χ4n) is 3.64. The zero-order chi connectivity index (χ0) is 16.5. The van der Waals surface area contributed by atoms with E-state index >= 15 is 0 Å². The Kier molecular flexibility index (Phi) is 21.4. The van der Waals surface area contributed by atoms with E-state index in [-0.39, 0.29) is 24.0 Å². The second-order valence-corrected chi connectivity index (χ2v) is 7.42. The van der Waals surface area contributed by atoms with Crippen LogP contribution in [0.4, 0.5) is 0 Å². The summed E-state index contributed by atoms with van der Waals surface area (Å²) in [7, 11) is 0. The van der Waals surface area contributed by atoms with Gasteiger partial charge in [0, 0.05) is 0 Å². The quantitative estimate of drug-likeness (QED) is 0.183. The van der Waals surface area contributed by atoms with Crippen LogP contribution >= 0.6 is 0 Å². The minimum Gasteiger partial charge on any atom is -1.00 e. The van der Waals surface area contributed by atoms with Crippen LogP contribution in [0.5, 0.6) is 0 Å². The molecule has 0 aromatic carbocycles. The van der Waals surface area contributed by atoms with Crippen LogP contribution in [0.3, 0.4) is 0 Å². The van der Waals surface area contributed by atoms with Gasteiger partial charge in [-0.25, -0.2) is 0 Å². The van der Waals surface area contributed by atoms with E-state index in [1.54, 1.807) is 0 Å². The molecular formula is C21H46IN. The van der Waals surface area contributed by atoms with Gasteiger partial charge in [-0.05, 0) is 51.4 Å². The lowest BCUT2D eigenvalue weighted by molar-refractivity contribution is -0.929. The molecular weight excluding hydrogens is 393 g/mol. The van der Waals surface area contributed by atoms with Crippen LogP contribution in [0.25, 0.3) is 0 Å². The zero-order valence-corrected chi connectivity index (χ0v) is 19.0. The lowest BCUT2D eigenvalue weighted by Crippen LogP contribution is -3.00. The van der Waals surface area contributed by atoms with E-state index in [1.165, 1.54) is 114 Å². The molecule has 0 aliphatic rings. The number of unbranched alkanes of at least 4 members (excludes halogenated alkanes) is 9. The van der Waals surface area contributed by atoms with Crippen molar-refractivity contribution in [2.45, 2.75) is 111 Å². The second kappa shape index (κ2) is 19.0. The Bertz CT molecular complexity index is 191. The van der Waals surface area contributed by atoms with Crippen LogP contribution in [0.2, 0.25) is 0 Å².